The molecule has 3 rings (SSSR count). The quantitative estimate of drug-likeness (QED) is 0.844. The number of hydrogen-bond donors (Lipinski definition) is 1. The Balaban J connectivity index is 1.79. The molecule has 1 amide bonds. The monoisotopic (exact) mass is 275 g/mol. The van der Waals surface area contributed by atoms with Crippen LogP contribution in [0.3, 0.4) is 0 Å². The van der Waals surface area contributed by atoms with Gasteiger partial charge in [0, 0.05) is 12.8 Å². The van der Waals surface area contributed by atoms with Crippen LogP contribution >= 0.6 is 0 Å². The van der Waals surface area contributed by atoms with Gasteiger partial charge in [0.1, 0.15) is 5.60 Å². The van der Waals surface area contributed by atoms with Gasteiger partial charge in [-0.3, -0.25) is 0 Å². The lowest BCUT2D eigenvalue weighted by molar-refractivity contribution is 0.0427. The summed E-state index contributed by atoms with van der Waals surface area (Å²) in [7, 11) is 0. The molecule has 0 bridgehead atoms. The van der Waals surface area contributed by atoms with Crippen LogP contribution in [-0.2, 0) is 15.0 Å². The molecule has 0 aromatic heterocycles. The normalized spacial score (nSPS) is 31.6. The summed E-state index contributed by atoms with van der Waals surface area (Å²) in [5.41, 5.74) is 0.290. The van der Waals surface area contributed by atoms with E-state index < -0.39 is 5.60 Å². The van der Waals surface area contributed by atoms with Gasteiger partial charge in [-0.05, 0) is 26.3 Å². The van der Waals surface area contributed by atoms with Gasteiger partial charge in [0.15, 0.2) is 0 Å². The molecule has 2 aliphatic rings. The first-order valence-electron chi connectivity index (χ1n) is 7.10. The highest BCUT2D eigenvalue weighted by molar-refractivity contribution is 5.69. The van der Waals surface area contributed by atoms with Crippen molar-refractivity contribution in [3.05, 3.63) is 35.9 Å². The molecule has 1 aromatic carbocycles. The summed E-state index contributed by atoms with van der Waals surface area (Å²) in [6, 6.07) is 10.1. The number of benzene rings is 1. The molecule has 0 spiro atoms. The van der Waals surface area contributed by atoms with E-state index >= 15 is 0 Å². The minimum atomic E-state index is -0.486. The molecule has 1 N–H and O–H groups in total. The molecule has 2 fully saturated rings. The third kappa shape index (κ3) is 2.66. The summed E-state index contributed by atoms with van der Waals surface area (Å²) >= 11 is 0. The van der Waals surface area contributed by atoms with Crippen molar-refractivity contribution in [1.29, 1.82) is 0 Å². The minimum Gasteiger partial charge on any atom is -0.444 e. The topological polar surface area (TPSA) is 50.9 Å². The van der Waals surface area contributed by atoms with E-state index in [2.05, 4.69) is 17.4 Å². The lowest BCUT2D eigenvalue weighted by Crippen LogP contribution is -2.47. The van der Waals surface area contributed by atoms with E-state index in [9.17, 15) is 4.79 Å². The Hall–Kier alpha value is -1.55. The molecule has 3 atom stereocenters. The molecule has 4 nitrogen and oxygen atoms in total. The van der Waals surface area contributed by atoms with Crippen molar-refractivity contribution in [2.75, 3.05) is 0 Å². The largest absolute Gasteiger partial charge is 0.444 e. The fourth-order valence-corrected chi connectivity index (χ4v) is 2.97. The average molecular weight is 275 g/mol. The van der Waals surface area contributed by atoms with E-state index in [1.54, 1.807) is 0 Å². The van der Waals surface area contributed by atoms with Gasteiger partial charge >= 0.3 is 6.09 Å². The lowest BCUT2D eigenvalue weighted by atomic mass is 9.87. The molecular formula is C16H21NO3. The van der Waals surface area contributed by atoms with Gasteiger partial charge in [-0.1, -0.05) is 30.3 Å². The Morgan fingerprint density at radius 3 is 2.40 bits per heavy atom. The van der Waals surface area contributed by atoms with E-state index in [-0.39, 0.29) is 23.8 Å². The lowest BCUT2D eigenvalue weighted by Gasteiger charge is -2.33. The third-order valence-corrected chi connectivity index (χ3v) is 3.85. The zero-order chi connectivity index (χ0) is 14.4. The second kappa shape index (κ2) is 4.48. The molecule has 1 unspecified atom stereocenters. The van der Waals surface area contributed by atoms with Gasteiger partial charge in [0.2, 0.25) is 0 Å². The van der Waals surface area contributed by atoms with Crippen LogP contribution < -0.4 is 5.32 Å². The number of hydrogen-bond acceptors (Lipinski definition) is 3. The van der Waals surface area contributed by atoms with Crippen molar-refractivity contribution in [2.45, 2.75) is 57.0 Å². The summed E-state index contributed by atoms with van der Waals surface area (Å²) in [6.07, 6.45) is 1.85. The van der Waals surface area contributed by atoms with Gasteiger partial charge in [0.25, 0.3) is 0 Å². The number of nitrogens with one attached hydrogen (secondary N) is 1. The van der Waals surface area contributed by atoms with E-state index in [0.717, 1.165) is 18.4 Å². The molecule has 1 saturated carbocycles. The van der Waals surface area contributed by atoms with Crippen LogP contribution in [0.15, 0.2) is 30.3 Å². The van der Waals surface area contributed by atoms with Crippen molar-refractivity contribution in [3.8, 4) is 0 Å². The molecule has 1 aliphatic heterocycles. The highest BCUT2D eigenvalue weighted by atomic mass is 16.6. The van der Waals surface area contributed by atoms with Crippen molar-refractivity contribution in [2.24, 2.45) is 0 Å². The molecule has 0 radical (unpaired) electrons. The summed E-state index contributed by atoms with van der Waals surface area (Å²) in [5, 5.41) is 3.08. The average Bonchev–Trinajstić information content (AvgIpc) is 2.96. The van der Waals surface area contributed by atoms with Crippen molar-refractivity contribution in [1.82, 2.24) is 5.32 Å². The van der Waals surface area contributed by atoms with Gasteiger partial charge in [-0.25, -0.2) is 4.79 Å². The molecular weight excluding hydrogens is 254 g/mol. The molecule has 4 heteroatoms. The van der Waals surface area contributed by atoms with Crippen LogP contribution in [0.25, 0.3) is 0 Å². The zero-order valence-corrected chi connectivity index (χ0v) is 12.2. The minimum absolute atomic E-state index is 0.283. The fraction of sp³-hybridized carbons (Fsp3) is 0.562. The Morgan fingerprint density at radius 1 is 1.25 bits per heavy atom. The fourth-order valence-electron chi connectivity index (χ4n) is 2.97. The van der Waals surface area contributed by atoms with Gasteiger partial charge in [-0.2, -0.15) is 0 Å². The first kappa shape index (κ1) is 13.4. The number of alkyl carbamates (subject to hydrolysis) is 1. The predicted octanol–water partition coefficient (Wildman–Crippen LogP) is 2.97. The summed E-state index contributed by atoms with van der Waals surface area (Å²) in [4.78, 5) is 12.1. The van der Waals surface area contributed by atoms with E-state index in [0.29, 0.717) is 0 Å². The predicted molar refractivity (Wildman–Crippen MR) is 75.4 cm³/mol. The Morgan fingerprint density at radius 2 is 1.85 bits per heavy atom. The van der Waals surface area contributed by atoms with Gasteiger partial charge < -0.3 is 14.8 Å². The summed E-state index contributed by atoms with van der Waals surface area (Å²) in [6.45, 7) is 5.62. The zero-order valence-electron chi connectivity index (χ0n) is 12.2. The number of epoxide rings is 1. The van der Waals surface area contributed by atoms with Crippen LogP contribution in [0.4, 0.5) is 4.79 Å². The van der Waals surface area contributed by atoms with Crippen molar-refractivity contribution < 1.29 is 14.3 Å². The van der Waals surface area contributed by atoms with E-state index in [1.165, 1.54) is 0 Å². The Kier molecular flexibility index (Phi) is 3.01. The highest BCUT2D eigenvalue weighted by Gasteiger charge is 2.57. The van der Waals surface area contributed by atoms with Crippen LogP contribution in [-0.4, -0.2) is 23.9 Å². The molecule has 1 heterocycles. The van der Waals surface area contributed by atoms with Gasteiger partial charge in [-0.15, -0.1) is 0 Å². The van der Waals surface area contributed by atoms with Gasteiger partial charge in [0.05, 0.1) is 17.7 Å². The number of rotatable bonds is 2. The summed E-state index contributed by atoms with van der Waals surface area (Å²) < 4.78 is 10.9. The third-order valence-electron chi connectivity index (χ3n) is 3.85. The highest BCUT2D eigenvalue weighted by Crippen LogP contribution is 2.49. The molecule has 20 heavy (non-hydrogen) atoms. The maximum Gasteiger partial charge on any atom is 0.408 e. The smallest absolute Gasteiger partial charge is 0.408 e. The molecule has 1 saturated heterocycles. The van der Waals surface area contributed by atoms with Crippen molar-refractivity contribution >= 4 is 6.09 Å². The number of amides is 1. The van der Waals surface area contributed by atoms with E-state index in [1.807, 2.05) is 39.0 Å². The van der Waals surface area contributed by atoms with Crippen LogP contribution in [0.2, 0.25) is 0 Å². The maximum absolute atomic E-state index is 12.1. The second-order valence-electron chi connectivity index (χ2n) is 6.70. The first-order chi connectivity index (χ1) is 9.38. The second-order valence-corrected chi connectivity index (χ2v) is 6.70. The van der Waals surface area contributed by atoms with Crippen LogP contribution in [0, 0.1) is 0 Å². The number of ether oxygens (including phenoxy) is 2. The van der Waals surface area contributed by atoms with Crippen LogP contribution in [0.1, 0.15) is 39.2 Å². The van der Waals surface area contributed by atoms with Crippen molar-refractivity contribution in [3.63, 3.8) is 0 Å². The number of fused-ring (bicyclic) bond motifs is 1. The van der Waals surface area contributed by atoms with Crippen LogP contribution in [0.5, 0.6) is 0 Å². The number of carbonyl (C=O) groups is 1. The SMILES string of the molecule is CC(C)(C)OC(=O)NC1(c2ccccc2)C[C@@H]2O[C@@H]2C1. The standard InChI is InChI=1S/C16H21NO3/c1-15(2,3)20-14(18)17-16(9-12-13(10-16)19-12)11-7-5-4-6-8-11/h4-8,12-13H,9-10H2,1-3H3,(H,17,18)/t12-,13+,16?. The Labute approximate surface area is 119 Å². The molecule has 1 aliphatic carbocycles. The molecule has 108 valence electrons. The molecule has 1 aromatic rings. The Bertz CT molecular complexity index is 496. The van der Waals surface area contributed by atoms with E-state index in [4.69, 9.17) is 9.47 Å². The number of carbonyl (C=O) groups excluding carboxylic acids is 1. The maximum atomic E-state index is 12.1. The summed E-state index contributed by atoms with van der Waals surface area (Å²) in [5.74, 6) is 0. The first-order valence-corrected chi connectivity index (χ1v) is 7.10.